The van der Waals surface area contributed by atoms with E-state index in [1.165, 1.54) is 0 Å². The molecule has 3 N–H and O–H groups in total. The van der Waals surface area contributed by atoms with Gasteiger partial charge in [-0.1, -0.05) is 0 Å². The molecule has 0 saturated heterocycles. The van der Waals surface area contributed by atoms with Crippen LogP contribution in [0.15, 0.2) is 0 Å². The number of hydrogen-bond acceptors (Lipinski definition) is 3. The summed E-state index contributed by atoms with van der Waals surface area (Å²) in [6, 6.07) is -0.631. The summed E-state index contributed by atoms with van der Waals surface area (Å²) in [7, 11) is 0. The van der Waals surface area contributed by atoms with Crippen LogP contribution in [-0.2, 0) is 0 Å². The van der Waals surface area contributed by atoms with Gasteiger partial charge in [-0.05, 0) is 0 Å². The largest absolute Gasteiger partial charge is 0.395 e. The monoisotopic (exact) mass is 155 g/mol. The summed E-state index contributed by atoms with van der Waals surface area (Å²) in [6.07, 6.45) is -2.44. The van der Waals surface area contributed by atoms with Crippen molar-refractivity contribution >= 4 is 0 Å². The minimum atomic E-state index is -2.44. The first-order chi connectivity index (χ1) is 4.70. The van der Waals surface area contributed by atoms with Crippen LogP contribution in [0.2, 0.25) is 0 Å². The van der Waals surface area contributed by atoms with Gasteiger partial charge in [0.2, 0.25) is 0 Å². The molecule has 0 bridgehead atoms. The number of hydrogen-bond donors (Lipinski definition) is 3. The van der Waals surface area contributed by atoms with Gasteiger partial charge in [-0.25, -0.2) is 8.78 Å². The summed E-state index contributed by atoms with van der Waals surface area (Å²) in [5.41, 5.74) is 0. The van der Waals surface area contributed by atoms with Crippen LogP contribution in [0.4, 0.5) is 8.78 Å². The predicted molar refractivity (Wildman–Crippen MR) is 32.0 cm³/mol. The summed E-state index contributed by atoms with van der Waals surface area (Å²) in [5, 5.41) is 19.0. The molecule has 0 heterocycles. The van der Waals surface area contributed by atoms with E-state index in [9.17, 15) is 8.78 Å². The predicted octanol–water partition coefficient (Wildman–Crippen LogP) is -0.806. The minimum absolute atomic E-state index is 0.330. The van der Waals surface area contributed by atoms with Crippen LogP contribution in [0, 0.1) is 0 Å². The molecule has 0 rings (SSSR count). The van der Waals surface area contributed by atoms with E-state index in [0.29, 0.717) is 0 Å². The number of nitrogens with one attached hydrogen (secondary N) is 1. The Morgan fingerprint density at radius 3 is 2.00 bits per heavy atom. The molecule has 0 unspecified atom stereocenters. The first-order valence-corrected chi connectivity index (χ1v) is 2.94. The molecular weight excluding hydrogens is 144 g/mol. The van der Waals surface area contributed by atoms with Gasteiger partial charge < -0.3 is 15.5 Å². The quantitative estimate of drug-likeness (QED) is 0.487. The third-order valence-corrected chi connectivity index (χ3v) is 1.00. The third kappa shape index (κ3) is 4.60. The summed E-state index contributed by atoms with van der Waals surface area (Å²) >= 11 is 0. The zero-order chi connectivity index (χ0) is 7.98. The fourth-order valence-electron chi connectivity index (χ4n) is 0.443. The number of alkyl halides is 2. The highest BCUT2D eigenvalue weighted by Crippen LogP contribution is 1.89. The average molecular weight is 155 g/mol. The van der Waals surface area contributed by atoms with Crippen LogP contribution < -0.4 is 5.32 Å². The zero-order valence-corrected chi connectivity index (χ0v) is 5.43. The van der Waals surface area contributed by atoms with Crippen molar-refractivity contribution in [2.24, 2.45) is 0 Å². The Morgan fingerprint density at radius 2 is 1.70 bits per heavy atom. The molecule has 0 amide bonds. The first kappa shape index (κ1) is 9.74. The van der Waals surface area contributed by atoms with Crippen LogP contribution in [0.5, 0.6) is 0 Å². The van der Waals surface area contributed by atoms with Gasteiger partial charge in [0.25, 0.3) is 6.43 Å². The molecule has 10 heavy (non-hydrogen) atoms. The van der Waals surface area contributed by atoms with E-state index in [2.05, 4.69) is 5.32 Å². The van der Waals surface area contributed by atoms with Crippen molar-refractivity contribution in [3.05, 3.63) is 0 Å². The van der Waals surface area contributed by atoms with Crippen molar-refractivity contribution in [2.45, 2.75) is 12.5 Å². The topological polar surface area (TPSA) is 52.5 Å². The number of rotatable bonds is 5. The highest BCUT2D eigenvalue weighted by Gasteiger charge is 2.07. The molecular formula is C5H11F2NO2. The molecule has 5 heteroatoms. The lowest BCUT2D eigenvalue weighted by atomic mass is 10.3. The number of aliphatic hydroxyl groups is 2. The molecule has 0 aromatic heterocycles. The Balaban J connectivity index is 3.26. The van der Waals surface area contributed by atoms with E-state index >= 15 is 0 Å². The van der Waals surface area contributed by atoms with Crippen molar-refractivity contribution in [3.63, 3.8) is 0 Å². The molecule has 0 fully saturated rings. The molecule has 0 aliphatic heterocycles. The van der Waals surface area contributed by atoms with Gasteiger partial charge in [0.05, 0.1) is 25.8 Å². The maximum absolute atomic E-state index is 11.4. The Morgan fingerprint density at radius 1 is 1.20 bits per heavy atom. The van der Waals surface area contributed by atoms with Crippen molar-refractivity contribution < 1.29 is 19.0 Å². The second-order valence-electron chi connectivity index (χ2n) is 1.86. The van der Waals surface area contributed by atoms with Gasteiger partial charge >= 0.3 is 0 Å². The van der Waals surface area contributed by atoms with E-state index < -0.39 is 19.0 Å². The van der Waals surface area contributed by atoms with Crippen LogP contribution in [0.25, 0.3) is 0 Å². The molecule has 0 aromatic carbocycles. The maximum Gasteiger partial charge on any atom is 0.250 e. The number of aliphatic hydroxyl groups excluding tert-OH is 2. The fraction of sp³-hybridized carbons (Fsp3) is 1.00. The second-order valence-corrected chi connectivity index (χ2v) is 1.86. The molecule has 62 valence electrons. The van der Waals surface area contributed by atoms with Crippen LogP contribution >= 0.6 is 0 Å². The van der Waals surface area contributed by atoms with Crippen molar-refractivity contribution in [2.75, 3.05) is 19.8 Å². The standard InChI is InChI=1S/C5H11F2NO2/c6-5(7)1-8-4(2-9)3-10/h4-5,8-10H,1-3H2. The lowest BCUT2D eigenvalue weighted by molar-refractivity contribution is 0.118. The van der Waals surface area contributed by atoms with Gasteiger partial charge in [0, 0.05) is 0 Å². The SMILES string of the molecule is OCC(CO)NCC(F)F. The lowest BCUT2D eigenvalue weighted by Gasteiger charge is -2.11. The van der Waals surface area contributed by atoms with E-state index in [0.717, 1.165) is 0 Å². The molecule has 0 saturated carbocycles. The van der Waals surface area contributed by atoms with E-state index in [-0.39, 0.29) is 13.2 Å². The van der Waals surface area contributed by atoms with E-state index in [4.69, 9.17) is 10.2 Å². The van der Waals surface area contributed by atoms with Crippen molar-refractivity contribution in [1.29, 1.82) is 0 Å². The maximum atomic E-state index is 11.4. The minimum Gasteiger partial charge on any atom is -0.395 e. The lowest BCUT2D eigenvalue weighted by Crippen LogP contribution is -2.38. The molecule has 0 atom stereocenters. The molecule has 0 aliphatic carbocycles. The Kier molecular flexibility index (Phi) is 5.38. The van der Waals surface area contributed by atoms with Gasteiger partial charge in [0.15, 0.2) is 0 Å². The van der Waals surface area contributed by atoms with Crippen molar-refractivity contribution in [1.82, 2.24) is 5.32 Å². The fourth-order valence-corrected chi connectivity index (χ4v) is 0.443. The molecule has 0 aromatic rings. The summed E-state index contributed by atoms with van der Waals surface area (Å²) in [4.78, 5) is 0. The van der Waals surface area contributed by atoms with Gasteiger partial charge in [-0.2, -0.15) is 0 Å². The van der Waals surface area contributed by atoms with Gasteiger partial charge in [0.1, 0.15) is 0 Å². The van der Waals surface area contributed by atoms with Crippen molar-refractivity contribution in [3.8, 4) is 0 Å². The van der Waals surface area contributed by atoms with Crippen LogP contribution in [0.1, 0.15) is 0 Å². The Labute approximate surface area is 57.7 Å². The number of halogens is 2. The Bertz CT molecular complexity index is 78.0. The van der Waals surface area contributed by atoms with Gasteiger partial charge in [-0.15, -0.1) is 0 Å². The van der Waals surface area contributed by atoms with E-state index in [1.54, 1.807) is 0 Å². The van der Waals surface area contributed by atoms with E-state index in [1.807, 2.05) is 0 Å². The Hall–Kier alpha value is -0.260. The summed E-state index contributed by atoms with van der Waals surface area (Å²) < 4.78 is 22.9. The highest BCUT2D eigenvalue weighted by molar-refractivity contribution is 4.63. The highest BCUT2D eigenvalue weighted by atomic mass is 19.3. The zero-order valence-electron chi connectivity index (χ0n) is 5.43. The molecule has 0 spiro atoms. The molecule has 0 aliphatic rings. The smallest absolute Gasteiger partial charge is 0.250 e. The summed E-state index contributed by atoms with van der Waals surface area (Å²) in [5.74, 6) is 0. The summed E-state index contributed by atoms with van der Waals surface area (Å²) in [6.45, 7) is -1.15. The normalized spacial score (nSPS) is 11.4. The molecule has 0 radical (unpaired) electrons. The first-order valence-electron chi connectivity index (χ1n) is 2.94. The second kappa shape index (κ2) is 5.52. The molecule has 3 nitrogen and oxygen atoms in total. The third-order valence-electron chi connectivity index (χ3n) is 1.00. The van der Waals surface area contributed by atoms with Crippen LogP contribution in [0.3, 0.4) is 0 Å². The van der Waals surface area contributed by atoms with Gasteiger partial charge in [-0.3, -0.25) is 0 Å². The van der Waals surface area contributed by atoms with Crippen LogP contribution in [-0.4, -0.2) is 42.4 Å². The average Bonchev–Trinajstić information content (AvgIpc) is 1.90.